The summed E-state index contributed by atoms with van der Waals surface area (Å²) in [6.45, 7) is 3.42. The largest absolute Gasteiger partial charge is 0.398 e. The van der Waals surface area contributed by atoms with Crippen LogP contribution in [0, 0.1) is 5.82 Å². The maximum Gasteiger partial charge on any atom is 0.244 e. The van der Waals surface area contributed by atoms with Crippen LogP contribution in [0.4, 0.5) is 10.1 Å². The number of anilines is 1. The minimum atomic E-state index is -4.02. The molecule has 0 atom stereocenters. The summed E-state index contributed by atoms with van der Waals surface area (Å²) < 4.78 is 45.6. The molecule has 19 heavy (non-hydrogen) atoms. The molecule has 0 aromatic heterocycles. The van der Waals surface area contributed by atoms with Crippen LogP contribution in [-0.4, -0.2) is 27.7 Å². The lowest BCUT2D eigenvalue weighted by Crippen LogP contribution is -2.46. The van der Waals surface area contributed by atoms with Crippen LogP contribution in [0.5, 0.6) is 0 Å². The molecule has 108 valence electrons. The second-order valence-electron chi connectivity index (χ2n) is 4.73. The molecule has 0 aliphatic rings. The molecule has 1 aromatic rings. The first kappa shape index (κ1) is 16.4. The van der Waals surface area contributed by atoms with Crippen molar-refractivity contribution in [3.05, 3.63) is 22.4 Å². The highest BCUT2D eigenvalue weighted by atomic mass is 79.9. The first-order chi connectivity index (χ1) is 8.59. The minimum Gasteiger partial charge on any atom is -0.398 e. The van der Waals surface area contributed by atoms with Crippen molar-refractivity contribution in [1.82, 2.24) is 4.72 Å². The van der Waals surface area contributed by atoms with Crippen molar-refractivity contribution in [2.24, 2.45) is 0 Å². The van der Waals surface area contributed by atoms with Crippen molar-refractivity contribution in [3.63, 3.8) is 0 Å². The number of nitrogens with one attached hydrogen (secondary N) is 1. The van der Waals surface area contributed by atoms with Crippen molar-refractivity contribution in [1.29, 1.82) is 0 Å². The van der Waals surface area contributed by atoms with Crippen LogP contribution in [0.1, 0.15) is 13.8 Å². The van der Waals surface area contributed by atoms with Crippen molar-refractivity contribution >= 4 is 31.6 Å². The fourth-order valence-corrected chi connectivity index (χ4v) is 3.37. The van der Waals surface area contributed by atoms with Crippen LogP contribution in [0.15, 0.2) is 21.5 Å². The molecule has 0 amide bonds. The van der Waals surface area contributed by atoms with Gasteiger partial charge in [0.05, 0.1) is 12.1 Å². The maximum absolute atomic E-state index is 13.8. The number of hydrogen-bond donors (Lipinski definition) is 2. The minimum absolute atomic E-state index is 0.145. The molecule has 0 saturated carbocycles. The van der Waals surface area contributed by atoms with Gasteiger partial charge in [0.25, 0.3) is 0 Å². The molecule has 0 fully saturated rings. The topological polar surface area (TPSA) is 81.4 Å². The highest BCUT2D eigenvalue weighted by Gasteiger charge is 2.28. The van der Waals surface area contributed by atoms with E-state index >= 15 is 0 Å². The Morgan fingerprint density at radius 1 is 1.47 bits per heavy atom. The molecule has 0 bridgehead atoms. The zero-order valence-corrected chi connectivity index (χ0v) is 13.2. The number of nitrogen functional groups attached to an aromatic ring is 1. The molecule has 5 nitrogen and oxygen atoms in total. The highest BCUT2D eigenvalue weighted by molar-refractivity contribution is 9.10. The smallest absolute Gasteiger partial charge is 0.244 e. The van der Waals surface area contributed by atoms with Crippen LogP contribution in [-0.2, 0) is 14.8 Å². The second-order valence-corrected chi connectivity index (χ2v) is 7.23. The summed E-state index contributed by atoms with van der Waals surface area (Å²) in [5.41, 5.74) is 4.86. The molecule has 8 heteroatoms. The average Bonchev–Trinajstić information content (AvgIpc) is 2.21. The predicted octanol–water partition coefficient (Wildman–Crippen LogP) is 1.87. The zero-order chi connectivity index (χ0) is 14.8. The number of nitrogens with two attached hydrogens (primary N) is 1. The van der Waals surface area contributed by atoms with E-state index in [1.165, 1.54) is 7.11 Å². The van der Waals surface area contributed by atoms with Crippen molar-refractivity contribution in [2.45, 2.75) is 24.3 Å². The fraction of sp³-hybridized carbons (Fsp3) is 0.455. The molecular weight excluding hydrogens is 339 g/mol. The number of sulfonamides is 1. The predicted molar refractivity (Wildman–Crippen MR) is 74.8 cm³/mol. The molecule has 0 radical (unpaired) electrons. The van der Waals surface area contributed by atoms with E-state index in [9.17, 15) is 12.8 Å². The van der Waals surface area contributed by atoms with Gasteiger partial charge in [0.15, 0.2) is 0 Å². The van der Waals surface area contributed by atoms with Gasteiger partial charge in [0, 0.05) is 17.3 Å². The van der Waals surface area contributed by atoms with E-state index in [2.05, 4.69) is 20.7 Å². The van der Waals surface area contributed by atoms with Crippen LogP contribution >= 0.6 is 15.9 Å². The van der Waals surface area contributed by atoms with E-state index in [0.717, 1.165) is 12.1 Å². The van der Waals surface area contributed by atoms with Crippen molar-refractivity contribution < 1.29 is 17.5 Å². The summed E-state index contributed by atoms with van der Waals surface area (Å²) in [7, 11) is -2.56. The molecule has 0 heterocycles. The molecule has 3 N–H and O–H groups in total. The summed E-state index contributed by atoms with van der Waals surface area (Å²) in [5.74, 6) is -0.873. The Morgan fingerprint density at radius 3 is 2.58 bits per heavy atom. The number of halogens is 2. The van der Waals surface area contributed by atoms with Gasteiger partial charge in [0.1, 0.15) is 10.7 Å². The number of methoxy groups -OCH3 is 1. The van der Waals surface area contributed by atoms with E-state index in [1.807, 2.05) is 0 Å². The number of rotatable bonds is 5. The third kappa shape index (κ3) is 4.13. The monoisotopic (exact) mass is 354 g/mol. The average molecular weight is 355 g/mol. The number of ether oxygens (including phenoxy) is 1. The molecule has 0 unspecified atom stereocenters. The third-order valence-electron chi connectivity index (χ3n) is 2.26. The van der Waals surface area contributed by atoms with Crippen LogP contribution in [0.25, 0.3) is 0 Å². The number of benzene rings is 1. The van der Waals surface area contributed by atoms with Crippen LogP contribution in [0.2, 0.25) is 0 Å². The first-order valence-electron chi connectivity index (χ1n) is 5.36. The van der Waals surface area contributed by atoms with E-state index in [1.54, 1.807) is 13.8 Å². The Bertz CT molecular complexity index is 576. The van der Waals surface area contributed by atoms with Gasteiger partial charge in [-0.3, -0.25) is 0 Å². The van der Waals surface area contributed by atoms with Gasteiger partial charge in [-0.1, -0.05) is 0 Å². The molecule has 1 aromatic carbocycles. The van der Waals surface area contributed by atoms with Gasteiger partial charge in [-0.25, -0.2) is 17.5 Å². The Hall–Kier alpha value is -0.700. The molecule has 0 aliphatic heterocycles. The lowest BCUT2D eigenvalue weighted by Gasteiger charge is -2.25. The van der Waals surface area contributed by atoms with E-state index in [-0.39, 0.29) is 12.3 Å². The molecule has 1 rings (SSSR count). The Balaban J connectivity index is 3.18. The molecular formula is C11H16BrFN2O3S. The molecule has 0 spiro atoms. The standard InChI is InChI=1S/C11H16BrFN2O3S/c1-11(2,6-18-3)15-19(16,17)10-5-9(14)7(12)4-8(10)13/h4-5,15H,6,14H2,1-3H3. The van der Waals surface area contributed by atoms with Crippen molar-refractivity contribution in [3.8, 4) is 0 Å². The van der Waals surface area contributed by atoms with Gasteiger partial charge in [0.2, 0.25) is 10.0 Å². The molecule has 0 aliphatic carbocycles. The normalized spacial score (nSPS) is 12.7. The van der Waals surface area contributed by atoms with E-state index in [4.69, 9.17) is 10.5 Å². The molecule has 0 saturated heterocycles. The summed E-state index contributed by atoms with van der Waals surface area (Å²) in [6.07, 6.45) is 0. The Labute approximate surface area is 120 Å². The Kier molecular flexibility index (Phi) is 4.94. The highest BCUT2D eigenvalue weighted by Crippen LogP contribution is 2.26. The lowest BCUT2D eigenvalue weighted by atomic mass is 10.1. The number of hydrogen-bond acceptors (Lipinski definition) is 4. The Morgan fingerprint density at radius 2 is 2.05 bits per heavy atom. The lowest BCUT2D eigenvalue weighted by molar-refractivity contribution is 0.141. The quantitative estimate of drug-likeness (QED) is 0.791. The van der Waals surface area contributed by atoms with Gasteiger partial charge in [-0.05, 0) is 41.9 Å². The van der Waals surface area contributed by atoms with E-state index in [0.29, 0.717) is 4.47 Å². The summed E-state index contributed by atoms with van der Waals surface area (Å²) in [4.78, 5) is -0.489. The summed E-state index contributed by atoms with van der Waals surface area (Å²) >= 11 is 3.03. The fourth-order valence-electron chi connectivity index (χ4n) is 1.56. The van der Waals surface area contributed by atoms with Gasteiger partial charge >= 0.3 is 0 Å². The SMILES string of the molecule is COCC(C)(C)NS(=O)(=O)c1cc(N)c(Br)cc1F. The zero-order valence-electron chi connectivity index (χ0n) is 10.8. The van der Waals surface area contributed by atoms with Crippen LogP contribution < -0.4 is 10.5 Å². The second kappa shape index (κ2) is 5.74. The van der Waals surface area contributed by atoms with Crippen LogP contribution in [0.3, 0.4) is 0 Å². The maximum atomic E-state index is 13.8. The third-order valence-corrected chi connectivity index (χ3v) is 4.66. The van der Waals surface area contributed by atoms with Gasteiger partial charge < -0.3 is 10.5 Å². The first-order valence-corrected chi connectivity index (χ1v) is 7.64. The van der Waals surface area contributed by atoms with Gasteiger partial charge in [-0.15, -0.1) is 0 Å². The van der Waals surface area contributed by atoms with Crippen molar-refractivity contribution in [2.75, 3.05) is 19.5 Å². The summed E-state index contributed by atoms with van der Waals surface area (Å²) in [6, 6.07) is 2.10. The van der Waals surface area contributed by atoms with E-state index < -0.39 is 26.3 Å². The summed E-state index contributed by atoms with van der Waals surface area (Å²) in [5, 5.41) is 0. The van der Waals surface area contributed by atoms with Gasteiger partial charge in [-0.2, -0.15) is 0 Å².